The lowest BCUT2D eigenvalue weighted by atomic mass is 10.3. The average Bonchev–Trinajstić information content (AvgIpc) is 3.14. The van der Waals surface area contributed by atoms with Crippen molar-refractivity contribution < 1.29 is 13.9 Å². The first-order valence-corrected chi connectivity index (χ1v) is 7.32. The van der Waals surface area contributed by atoms with Crippen molar-refractivity contribution in [1.82, 2.24) is 14.5 Å². The Morgan fingerprint density at radius 2 is 2.32 bits per heavy atom. The predicted octanol–water partition coefficient (Wildman–Crippen LogP) is 2.84. The number of aromatic nitrogens is 3. The summed E-state index contributed by atoms with van der Waals surface area (Å²) in [5.41, 5.74) is 0.527. The lowest BCUT2D eigenvalue weighted by Crippen LogP contribution is -2.22. The molecule has 0 unspecified atom stereocenters. The molecule has 1 aromatic carbocycles. The van der Waals surface area contributed by atoms with E-state index in [4.69, 9.17) is 4.74 Å². The van der Waals surface area contributed by atoms with Gasteiger partial charge in [-0.2, -0.15) is 0 Å². The van der Waals surface area contributed by atoms with Crippen molar-refractivity contribution >= 4 is 32.6 Å². The summed E-state index contributed by atoms with van der Waals surface area (Å²) in [6.45, 7) is 1.75. The van der Waals surface area contributed by atoms with Crippen LogP contribution in [0, 0.1) is 5.82 Å². The number of carbonyl (C=O) groups excluding carboxylic acids is 1. The van der Waals surface area contributed by atoms with Crippen molar-refractivity contribution in [1.29, 1.82) is 0 Å². The molecular formula is C14H13FN4O2S. The van der Waals surface area contributed by atoms with Gasteiger partial charge < -0.3 is 14.6 Å². The Morgan fingerprint density at radius 3 is 3.00 bits per heavy atom. The summed E-state index contributed by atoms with van der Waals surface area (Å²) in [5.74, 6) is -0.288. The second-order valence-electron chi connectivity index (χ2n) is 4.65. The highest BCUT2D eigenvalue weighted by Gasteiger charge is 2.17. The molecule has 0 aliphatic rings. The zero-order valence-corrected chi connectivity index (χ0v) is 12.7. The van der Waals surface area contributed by atoms with Gasteiger partial charge in [0.2, 0.25) is 5.91 Å². The Hall–Kier alpha value is -2.48. The molecule has 0 bridgehead atoms. The zero-order chi connectivity index (χ0) is 15.7. The number of halogens is 1. The summed E-state index contributed by atoms with van der Waals surface area (Å²) in [7, 11) is 1.45. The van der Waals surface area contributed by atoms with Crippen molar-refractivity contribution in [2.45, 2.75) is 13.0 Å². The molecule has 0 saturated carbocycles. The van der Waals surface area contributed by atoms with Crippen molar-refractivity contribution in [3.8, 4) is 5.75 Å². The maximum absolute atomic E-state index is 13.5. The van der Waals surface area contributed by atoms with Gasteiger partial charge in [-0.3, -0.25) is 4.79 Å². The molecule has 0 spiro atoms. The fourth-order valence-corrected chi connectivity index (χ4v) is 2.93. The Bertz CT molecular complexity index is 816. The van der Waals surface area contributed by atoms with E-state index in [1.165, 1.54) is 30.6 Å². The summed E-state index contributed by atoms with van der Waals surface area (Å²) in [5, 5.41) is 3.13. The number of rotatable bonds is 4. The van der Waals surface area contributed by atoms with E-state index in [1.54, 1.807) is 30.2 Å². The van der Waals surface area contributed by atoms with Crippen molar-refractivity contribution in [2.75, 3.05) is 12.4 Å². The largest absolute Gasteiger partial charge is 0.494 e. The molecule has 2 aromatic heterocycles. The van der Waals surface area contributed by atoms with Crippen LogP contribution in [0.2, 0.25) is 0 Å². The molecule has 1 amide bonds. The number of anilines is 1. The molecule has 3 rings (SSSR count). The zero-order valence-electron chi connectivity index (χ0n) is 11.9. The van der Waals surface area contributed by atoms with Gasteiger partial charge in [-0.15, -0.1) is 0 Å². The number of fused-ring (bicyclic) bond motifs is 1. The molecule has 8 heteroatoms. The van der Waals surface area contributed by atoms with Crippen LogP contribution in [0.15, 0.2) is 30.9 Å². The predicted molar refractivity (Wildman–Crippen MR) is 81.7 cm³/mol. The molecule has 6 nitrogen and oxygen atoms in total. The first-order chi connectivity index (χ1) is 10.6. The van der Waals surface area contributed by atoms with E-state index in [1.807, 2.05) is 0 Å². The van der Waals surface area contributed by atoms with Gasteiger partial charge >= 0.3 is 0 Å². The number of hydrogen-bond donors (Lipinski definition) is 1. The number of benzene rings is 1. The molecule has 0 saturated heterocycles. The number of nitrogens with one attached hydrogen (secondary N) is 1. The first-order valence-electron chi connectivity index (χ1n) is 6.51. The van der Waals surface area contributed by atoms with Gasteiger partial charge in [0.25, 0.3) is 0 Å². The van der Waals surface area contributed by atoms with Crippen molar-refractivity contribution in [3.05, 3.63) is 36.7 Å². The van der Waals surface area contributed by atoms with Crippen molar-refractivity contribution in [3.63, 3.8) is 0 Å². The highest BCUT2D eigenvalue weighted by molar-refractivity contribution is 7.22. The molecule has 0 aliphatic heterocycles. The van der Waals surface area contributed by atoms with E-state index in [0.717, 1.165) is 0 Å². The van der Waals surface area contributed by atoms with Gasteiger partial charge in [-0.1, -0.05) is 11.3 Å². The minimum Gasteiger partial charge on any atom is -0.494 e. The van der Waals surface area contributed by atoms with Gasteiger partial charge in [-0.05, 0) is 13.0 Å². The molecule has 0 fully saturated rings. The van der Waals surface area contributed by atoms with E-state index < -0.39 is 11.9 Å². The molecule has 2 heterocycles. The molecule has 0 radical (unpaired) electrons. The maximum Gasteiger partial charge on any atom is 0.248 e. The number of nitrogens with zero attached hydrogens (tertiary/aromatic N) is 3. The van der Waals surface area contributed by atoms with Crippen LogP contribution in [0.4, 0.5) is 9.52 Å². The minimum atomic E-state index is -0.423. The third-order valence-electron chi connectivity index (χ3n) is 3.23. The van der Waals surface area contributed by atoms with Gasteiger partial charge in [0.15, 0.2) is 5.13 Å². The fourth-order valence-electron chi connectivity index (χ4n) is 2.02. The minimum absolute atomic E-state index is 0.225. The highest BCUT2D eigenvalue weighted by Crippen LogP contribution is 2.33. The Balaban J connectivity index is 1.86. The topological polar surface area (TPSA) is 69.0 Å². The number of ether oxygens (including phenoxy) is 1. The summed E-state index contributed by atoms with van der Waals surface area (Å²) >= 11 is 1.20. The lowest BCUT2D eigenvalue weighted by Gasteiger charge is -2.11. The number of hydrogen-bond acceptors (Lipinski definition) is 5. The van der Waals surface area contributed by atoms with Gasteiger partial charge in [-0.25, -0.2) is 14.4 Å². The standard InChI is InChI=1S/C14H13FN4O2S/c1-8(19-4-3-16-7-19)13(20)18-14-17-12-10(21-2)5-9(15)6-11(12)22-14/h3-8H,1-2H3,(H,17,18,20)/t8-/m1/s1. The van der Waals surface area contributed by atoms with Crippen molar-refractivity contribution in [2.24, 2.45) is 0 Å². The number of imidazole rings is 1. The first kappa shape index (κ1) is 14.5. The van der Waals surface area contributed by atoms with E-state index in [-0.39, 0.29) is 5.91 Å². The summed E-state index contributed by atoms with van der Waals surface area (Å²) in [6.07, 6.45) is 4.89. The van der Waals surface area contributed by atoms with Crippen LogP contribution in [0.1, 0.15) is 13.0 Å². The Kier molecular flexibility index (Phi) is 3.76. The third-order valence-corrected chi connectivity index (χ3v) is 4.14. The van der Waals surface area contributed by atoms with Crippen LogP contribution in [-0.4, -0.2) is 27.6 Å². The molecule has 1 N–H and O–H groups in total. The molecule has 3 aromatic rings. The number of amides is 1. The summed E-state index contributed by atoms with van der Waals surface area (Å²) < 4.78 is 20.9. The fraction of sp³-hybridized carbons (Fsp3) is 0.214. The SMILES string of the molecule is COc1cc(F)cc2sc(NC(=O)[C@@H](C)n3ccnc3)nc12. The van der Waals surface area contributed by atoms with E-state index >= 15 is 0 Å². The van der Waals surface area contributed by atoms with E-state index in [0.29, 0.717) is 21.1 Å². The quantitative estimate of drug-likeness (QED) is 0.802. The van der Waals surface area contributed by atoms with Crippen LogP contribution in [-0.2, 0) is 4.79 Å². The normalized spacial score (nSPS) is 12.3. The number of thiazole rings is 1. The second kappa shape index (κ2) is 5.72. The van der Waals surface area contributed by atoms with Gasteiger partial charge in [0.05, 0.1) is 18.1 Å². The molecule has 22 heavy (non-hydrogen) atoms. The van der Waals surface area contributed by atoms with Crippen LogP contribution >= 0.6 is 11.3 Å². The lowest BCUT2D eigenvalue weighted by molar-refractivity contribution is -0.118. The summed E-state index contributed by atoms with van der Waals surface area (Å²) in [6, 6.07) is 2.21. The number of carbonyl (C=O) groups is 1. The monoisotopic (exact) mass is 320 g/mol. The van der Waals surface area contributed by atoms with E-state index in [2.05, 4.69) is 15.3 Å². The van der Waals surface area contributed by atoms with Crippen LogP contribution in [0.5, 0.6) is 5.75 Å². The molecule has 0 aliphatic carbocycles. The van der Waals surface area contributed by atoms with Gasteiger partial charge in [0.1, 0.15) is 23.1 Å². The van der Waals surface area contributed by atoms with Crippen LogP contribution in [0.3, 0.4) is 0 Å². The third kappa shape index (κ3) is 2.64. The van der Waals surface area contributed by atoms with Gasteiger partial charge in [0, 0.05) is 18.5 Å². The molecule has 114 valence electrons. The second-order valence-corrected chi connectivity index (χ2v) is 5.68. The van der Waals surface area contributed by atoms with Crippen LogP contribution < -0.4 is 10.1 Å². The van der Waals surface area contributed by atoms with E-state index in [9.17, 15) is 9.18 Å². The average molecular weight is 320 g/mol. The highest BCUT2D eigenvalue weighted by atomic mass is 32.1. The Labute approximate surface area is 129 Å². The molecule has 1 atom stereocenters. The Morgan fingerprint density at radius 1 is 1.50 bits per heavy atom. The summed E-state index contributed by atoms with van der Waals surface area (Å²) in [4.78, 5) is 20.4. The smallest absolute Gasteiger partial charge is 0.248 e. The molecular weight excluding hydrogens is 307 g/mol. The number of methoxy groups -OCH3 is 1. The van der Waals surface area contributed by atoms with Crippen LogP contribution in [0.25, 0.3) is 10.2 Å². The maximum atomic E-state index is 13.5.